The maximum atomic E-state index is 11.9. The van der Waals surface area contributed by atoms with Crippen LogP contribution >= 0.6 is 0 Å². The van der Waals surface area contributed by atoms with Gasteiger partial charge in [-0.15, -0.1) is 0 Å². The van der Waals surface area contributed by atoms with Crippen LogP contribution < -0.4 is 5.43 Å². The van der Waals surface area contributed by atoms with Crippen molar-refractivity contribution in [1.29, 1.82) is 0 Å². The molecular weight excluding hydrogens is 400 g/mol. The Bertz CT molecular complexity index is 1240. The Hall–Kier alpha value is -4.26. The Balaban J connectivity index is 0.000000180. The lowest BCUT2D eigenvalue weighted by Crippen LogP contribution is -2.04. The Labute approximate surface area is 177 Å². The first-order chi connectivity index (χ1) is 14.9. The molecule has 0 saturated carbocycles. The van der Waals surface area contributed by atoms with Crippen LogP contribution in [0.2, 0.25) is 0 Å². The van der Waals surface area contributed by atoms with Crippen LogP contribution in [0, 0.1) is 0 Å². The number of para-hydroxylation sites is 1. The summed E-state index contributed by atoms with van der Waals surface area (Å²) >= 11 is 0. The van der Waals surface area contributed by atoms with E-state index in [-0.39, 0.29) is 17.6 Å². The molecule has 0 atom stereocenters. The number of benzene rings is 3. The predicted octanol–water partition coefficient (Wildman–Crippen LogP) is 4.44. The van der Waals surface area contributed by atoms with Crippen molar-refractivity contribution in [3.8, 4) is 28.6 Å². The number of phenols is 3. The predicted molar refractivity (Wildman–Crippen MR) is 115 cm³/mol. The maximum absolute atomic E-state index is 11.9. The molecule has 4 aromatic rings. The van der Waals surface area contributed by atoms with E-state index >= 15 is 0 Å². The van der Waals surface area contributed by atoms with Crippen LogP contribution in [0.1, 0.15) is 17.3 Å². The second kappa shape index (κ2) is 9.49. The Kier molecular flexibility index (Phi) is 6.57. The number of rotatable bonds is 3. The molecule has 158 valence electrons. The molecule has 0 spiro atoms. The van der Waals surface area contributed by atoms with E-state index in [2.05, 4.69) is 4.74 Å². The minimum atomic E-state index is -0.668. The van der Waals surface area contributed by atoms with Crippen molar-refractivity contribution in [2.45, 2.75) is 6.92 Å². The number of fused-ring (bicyclic) bond motifs is 1. The molecule has 0 saturated heterocycles. The highest BCUT2D eigenvalue weighted by Gasteiger charge is 2.13. The number of esters is 1. The molecule has 3 aromatic carbocycles. The van der Waals surface area contributed by atoms with Gasteiger partial charge in [-0.1, -0.05) is 42.5 Å². The third-order valence-electron chi connectivity index (χ3n) is 4.27. The van der Waals surface area contributed by atoms with Gasteiger partial charge in [0.1, 0.15) is 11.3 Å². The van der Waals surface area contributed by atoms with Crippen LogP contribution in [0.4, 0.5) is 0 Å². The number of phenolic OH excluding ortho intramolecular Hbond substituents is 3. The van der Waals surface area contributed by atoms with Crippen LogP contribution in [0.3, 0.4) is 0 Å². The fraction of sp³-hybridized carbons (Fsp3) is 0.0833. The highest BCUT2D eigenvalue weighted by Crippen LogP contribution is 2.35. The summed E-state index contributed by atoms with van der Waals surface area (Å²) in [4.78, 5) is 23.0. The number of carbonyl (C=O) groups excluding carboxylic acids is 1. The summed E-state index contributed by atoms with van der Waals surface area (Å²) < 4.78 is 10.4. The van der Waals surface area contributed by atoms with Crippen LogP contribution in [0.15, 0.2) is 82.0 Å². The number of hydrogen-bond acceptors (Lipinski definition) is 7. The first-order valence-electron chi connectivity index (χ1n) is 9.41. The number of aromatic hydroxyl groups is 3. The molecule has 4 rings (SSSR count). The fourth-order valence-corrected chi connectivity index (χ4v) is 2.79. The smallest absolute Gasteiger partial charge is 0.338 e. The molecule has 0 fully saturated rings. The van der Waals surface area contributed by atoms with Gasteiger partial charge in [0.25, 0.3) is 0 Å². The van der Waals surface area contributed by atoms with Crippen molar-refractivity contribution in [2.24, 2.45) is 0 Å². The average Bonchev–Trinajstić information content (AvgIpc) is 2.78. The standard InChI is InChI=1S/C15H10O2.C9H10O5/c16-13-10-15(11-6-2-1-3-7-11)17-14-9-5-4-8-12(13)14;1-2-14-9(13)5-3-6(10)8(12)7(11)4-5/h1-10H;3-4,10-12H,2H2,1H3. The van der Waals surface area contributed by atoms with Gasteiger partial charge in [0.05, 0.1) is 17.6 Å². The summed E-state index contributed by atoms with van der Waals surface area (Å²) in [5.41, 5.74) is 1.51. The van der Waals surface area contributed by atoms with Crippen molar-refractivity contribution in [3.05, 3.63) is 88.6 Å². The van der Waals surface area contributed by atoms with Crippen molar-refractivity contribution in [2.75, 3.05) is 6.61 Å². The van der Waals surface area contributed by atoms with Gasteiger partial charge < -0.3 is 24.5 Å². The summed E-state index contributed by atoms with van der Waals surface area (Å²) in [6, 6.07) is 20.5. The molecular formula is C24H20O7. The van der Waals surface area contributed by atoms with Gasteiger partial charge in [0, 0.05) is 11.6 Å². The van der Waals surface area contributed by atoms with Gasteiger partial charge in [-0.25, -0.2) is 4.79 Å². The average molecular weight is 420 g/mol. The summed E-state index contributed by atoms with van der Waals surface area (Å²) in [5, 5.41) is 27.8. The van der Waals surface area contributed by atoms with Gasteiger partial charge in [-0.05, 0) is 31.2 Å². The van der Waals surface area contributed by atoms with Crippen molar-refractivity contribution in [3.63, 3.8) is 0 Å². The number of ether oxygens (including phenoxy) is 1. The van der Waals surface area contributed by atoms with Gasteiger partial charge in [-0.3, -0.25) is 4.79 Å². The topological polar surface area (TPSA) is 117 Å². The van der Waals surface area contributed by atoms with E-state index in [0.29, 0.717) is 16.7 Å². The van der Waals surface area contributed by atoms with E-state index in [1.165, 1.54) is 6.07 Å². The van der Waals surface area contributed by atoms with Crippen LogP contribution in [0.25, 0.3) is 22.3 Å². The lowest BCUT2D eigenvalue weighted by molar-refractivity contribution is 0.0525. The van der Waals surface area contributed by atoms with Crippen molar-refractivity contribution >= 4 is 16.9 Å². The van der Waals surface area contributed by atoms with Gasteiger partial charge in [-0.2, -0.15) is 0 Å². The Morgan fingerprint density at radius 3 is 2.16 bits per heavy atom. The van der Waals surface area contributed by atoms with Crippen molar-refractivity contribution in [1.82, 2.24) is 0 Å². The lowest BCUT2D eigenvalue weighted by atomic mass is 10.1. The second-order valence-corrected chi connectivity index (χ2v) is 6.42. The number of hydrogen-bond donors (Lipinski definition) is 3. The SMILES string of the molecule is CCOC(=O)c1cc(O)c(O)c(O)c1.O=c1cc(-c2ccccc2)oc2ccccc12. The highest BCUT2D eigenvalue weighted by atomic mass is 16.5. The van der Waals surface area contributed by atoms with Crippen LogP contribution in [-0.4, -0.2) is 27.9 Å². The van der Waals surface area contributed by atoms with E-state index in [1.54, 1.807) is 13.0 Å². The number of carbonyl (C=O) groups is 1. The minimum Gasteiger partial charge on any atom is -0.504 e. The molecule has 0 aliphatic rings. The van der Waals surface area contributed by atoms with Crippen LogP contribution in [-0.2, 0) is 4.74 Å². The van der Waals surface area contributed by atoms with E-state index in [4.69, 9.17) is 19.7 Å². The quantitative estimate of drug-likeness (QED) is 0.331. The third kappa shape index (κ3) is 5.02. The zero-order valence-electron chi connectivity index (χ0n) is 16.6. The monoisotopic (exact) mass is 420 g/mol. The molecule has 0 bridgehead atoms. The maximum Gasteiger partial charge on any atom is 0.338 e. The first kappa shape index (κ1) is 21.4. The zero-order valence-corrected chi connectivity index (χ0v) is 16.6. The molecule has 0 aliphatic carbocycles. The largest absolute Gasteiger partial charge is 0.504 e. The highest BCUT2D eigenvalue weighted by molar-refractivity contribution is 5.91. The molecule has 3 N–H and O–H groups in total. The Morgan fingerprint density at radius 1 is 0.903 bits per heavy atom. The van der Waals surface area contributed by atoms with Crippen LogP contribution in [0.5, 0.6) is 17.2 Å². The van der Waals surface area contributed by atoms with Crippen molar-refractivity contribution < 1.29 is 29.3 Å². The third-order valence-corrected chi connectivity index (χ3v) is 4.27. The van der Waals surface area contributed by atoms with E-state index in [1.807, 2.05) is 48.5 Å². The first-order valence-corrected chi connectivity index (χ1v) is 9.41. The Morgan fingerprint density at radius 2 is 1.52 bits per heavy atom. The summed E-state index contributed by atoms with van der Waals surface area (Å²) in [6.07, 6.45) is 0. The minimum absolute atomic E-state index is 0.00861. The van der Waals surface area contributed by atoms with E-state index in [9.17, 15) is 9.59 Å². The molecule has 0 unspecified atom stereocenters. The van der Waals surface area contributed by atoms with E-state index < -0.39 is 23.2 Å². The molecule has 7 heteroatoms. The van der Waals surface area contributed by atoms with Gasteiger partial charge >= 0.3 is 5.97 Å². The van der Waals surface area contributed by atoms with Gasteiger partial charge in [0.2, 0.25) is 0 Å². The summed E-state index contributed by atoms with van der Waals surface area (Å²) in [7, 11) is 0. The zero-order chi connectivity index (χ0) is 22.4. The molecule has 0 amide bonds. The fourth-order valence-electron chi connectivity index (χ4n) is 2.79. The molecule has 0 aliphatic heterocycles. The molecule has 1 heterocycles. The van der Waals surface area contributed by atoms with Gasteiger partial charge in [0.15, 0.2) is 22.7 Å². The summed E-state index contributed by atoms with van der Waals surface area (Å²) in [5.74, 6) is -1.84. The lowest BCUT2D eigenvalue weighted by Gasteiger charge is -2.04. The van der Waals surface area contributed by atoms with E-state index in [0.717, 1.165) is 17.7 Å². The molecule has 31 heavy (non-hydrogen) atoms. The summed E-state index contributed by atoms with van der Waals surface area (Å²) in [6.45, 7) is 1.83. The molecule has 1 aromatic heterocycles. The second-order valence-electron chi connectivity index (χ2n) is 6.42. The molecule has 7 nitrogen and oxygen atoms in total. The molecule has 0 radical (unpaired) electrons. The normalized spacial score (nSPS) is 10.2.